The highest BCUT2D eigenvalue weighted by Crippen LogP contribution is 2.21. The Labute approximate surface area is 142 Å². The Morgan fingerprint density at radius 1 is 1.17 bits per heavy atom. The van der Waals surface area contributed by atoms with Gasteiger partial charge in [0.05, 0.1) is 21.7 Å². The van der Waals surface area contributed by atoms with Crippen molar-refractivity contribution in [3.8, 4) is 0 Å². The molecule has 2 aromatic carbocycles. The van der Waals surface area contributed by atoms with E-state index in [1.54, 1.807) is 34.9 Å². The summed E-state index contributed by atoms with van der Waals surface area (Å²) in [5.74, 6) is -0.418. The van der Waals surface area contributed by atoms with Gasteiger partial charge in [-0.25, -0.2) is 4.39 Å². The molecule has 0 aliphatic heterocycles. The highest BCUT2D eigenvalue weighted by molar-refractivity contribution is 7.90. The topological polar surface area (TPSA) is 60.7 Å². The number of hydrogen-bond acceptors (Lipinski definition) is 4. The van der Waals surface area contributed by atoms with Crippen LogP contribution in [0.25, 0.3) is 10.2 Å². The van der Waals surface area contributed by atoms with Gasteiger partial charge in [-0.3, -0.25) is 0 Å². The molecule has 0 radical (unpaired) electrons. The summed E-state index contributed by atoms with van der Waals surface area (Å²) in [5, 5.41) is 0. The van der Waals surface area contributed by atoms with Crippen molar-refractivity contribution in [2.75, 3.05) is 13.7 Å². The molecule has 0 N–H and O–H groups in total. The fourth-order valence-electron chi connectivity index (χ4n) is 2.29. The van der Waals surface area contributed by atoms with Gasteiger partial charge in [-0.1, -0.05) is 35.6 Å². The molecule has 1 heterocycles. The van der Waals surface area contributed by atoms with Crippen LogP contribution in [0, 0.1) is 5.82 Å². The second-order valence-electron chi connectivity index (χ2n) is 5.00. The van der Waals surface area contributed by atoms with Gasteiger partial charge in [-0.15, -0.1) is 4.40 Å². The number of benzene rings is 2. The lowest BCUT2D eigenvalue weighted by Crippen LogP contribution is -2.20. The maximum Gasteiger partial charge on any atom is 0.285 e. The fourth-order valence-corrected chi connectivity index (χ4v) is 4.59. The summed E-state index contributed by atoms with van der Waals surface area (Å²) in [6.45, 7) is 0.624. The highest BCUT2D eigenvalue weighted by atomic mass is 32.2. The van der Waals surface area contributed by atoms with E-state index in [1.165, 1.54) is 25.3 Å². The number of nitrogens with zero attached hydrogens (tertiary/aromatic N) is 2. The van der Waals surface area contributed by atoms with Crippen LogP contribution in [0.2, 0.25) is 0 Å². The van der Waals surface area contributed by atoms with Gasteiger partial charge in [0.1, 0.15) is 5.82 Å². The third-order valence-corrected chi connectivity index (χ3v) is 5.85. The van der Waals surface area contributed by atoms with Crippen molar-refractivity contribution >= 4 is 31.6 Å². The monoisotopic (exact) mass is 366 g/mol. The lowest BCUT2D eigenvalue weighted by atomic mass is 10.3. The van der Waals surface area contributed by atoms with E-state index in [1.807, 2.05) is 0 Å². The third-order valence-electron chi connectivity index (χ3n) is 3.41. The molecule has 0 spiro atoms. The molecular formula is C16H15FN2O3S2. The van der Waals surface area contributed by atoms with Crippen LogP contribution < -0.4 is 4.80 Å². The van der Waals surface area contributed by atoms with Gasteiger partial charge >= 0.3 is 0 Å². The van der Waals surface area contributed by atoms with Crippen LogP contribution in [0.5, 0.6) is 0 Å². The number of para-hydroxylation sites is 1. The summed E-state index contributed by atoms with van der Waals surface area (Å²) >= 11 is 1.13. The summed E-state index contributed by atoms with van der Waals surface area (Å²) in [6, 6.07) is 12.6. The minimum absolute atomic E-state index is 0.0984. The Morgan fingerprint density at radius 3 is 2.62 bits per heavy atom. The Balaban J connectivity index is 2.24. The largest absolute Gasteiger partial charge is 0.383 e. The number of thiazole rings is 1. The van der Waals surface area contributed by atoms with E-state index in [0.717, 1.165) is 11.3 Å². The molecule has 0 aliphatic rings. The average Bonchev–Trinajstić information content (AvgIpc) is 2.91. The normalized spacial score (nSPS) is 12.8. The highest BCUT2D eigenvalue weighted by Gasteiger charge is 2.15. The molecule has 0 saturated heterocycles. The van der Waals surface area contributed by atoms with Crippen molar-refractivity contribution in [1.82, 2.24) is 4.57 Å². The lowest BCUT2D eigenvalue weighted by Gasteiger charge is -2.05. The molecule has 3 rings (SSSR count). The molecule has 24 heavy (non-hydrogen) atoms. The zero-order valence-electron chi connectivity index (χ0n) is 12.8. The molecule has 0 saturated carbocycles. The zero-order chi connectivity index (χ0) is 17.2. The first-order chi connectivity index (χ1) is 11.5. The number of sulfonamides is 1. The molecule has 0 fully saturated rings. The van der Waals surface area contributed by atoms with Gasteiger partial charge in [0.2, 0.25) is 4.80 Å². The van der Waals surface area contributed by atoms with Crippen molar-refractivity contribution in [3.05, 3.63) is 59.1 Å². The first kappa shape index (κ1) is 16.8. The van der Waals surface area contributed by atoms with Crippen LogP contribution in [0.15, 0.2) is 57.8 Å². The van der Waals surface area contributed by atoms with E-state index in [0.29, 0.717) is 23.4 Å². The summed E-state index contributed by atoms with van der Waals surface area (Å²) in [4.78, 5) is 0.317. The van der Waals surface area contributed by atoms with Crippen molar-refractivity contribution in [2.24, 2.45) is 4.40 Å². The second kappa shape index (κ2) is 6.84. The van der Waals surface area contributed by atoms with Crippen LogP contribution in [0.3, 0.4) is 0 Å². The number of rotatable bonds is 5. The number of fused-ring (bicyclic) bond motifs is 1. The Kier molecular flexibility index (Phi) is 4.79. The Morgan fingerprint density at radius 2 is 1.92 bits per heavy atom. The minimum atomic E-state index is -3.87. The van der Waals surface area contributed by atoms with E-state index in [-0.39, 0.29) is 9.70 Å². The Hall–Kier alpha value is -2.03. The molecule has 5 nitrogen and oxygen atoms in total. The number of ether oxygens (including phenoxy) is 1. The molecule has 0 atom stereocenters. The van der Waals surface area contributed by atoms with Crippen LogP contribution in [0.1, 0.15) is 0 Å². The van der Waals surface area contributed by atoms with Gasteiger partial charge < -0.3 is 9.30 Å². The van der Waals surface area contributed by atoms with Crippen molar-refractivity contribution in [1.29, 1.82) is 0 Å². The number of methoxy groups -OCH3 is 1. The molecule has 126 valence electrons. The smallest absolute Gasteiger partial charge is 0.285 e. The number of hydrogen-bond donors (Lipinski definition) is 0. The first-order valence-corrected chi connectivity index (χ1v) is 9.41. The fraction of sp³-hybridized carbons (Fsp3) is 0.188. The summed E-state index contributed by atoms with van der Waals surface area (Å²) < 4.78 is 50.3. The molecule has 0 bridgehead atoms. The van der Waals surface area contributed by atoms with Gasteiger partial charge in [-0.2, -0.15) is 8.42 Å². The van der Waals surface area contributed by atoms with E-state index < -0.39 is 15.8 Å². The van der Waals surface area contributed by atoms with E-state index in [9.17, 15) is 12.8 Å². The predicted octanol–water partition coefficient (Wildman–Crippen LogP) is 2.78. The standard InChI is InChI=1S/C16H15FN2O3S2/c1-22-11-10-19-15-13(17)8-5-9-14(15)23-16(19)18-24(20,21)12-6-3-2-4-7-12/h2-9H,10-11H2,1H3. The number of aromatic nitrogens is 1. The summed E-state index contributed by atoms with van der Waals surface area (Å²) in [5.41, 5.74) is 0.335. The van der Waals surface area contributed by atoms with Crippen LogP contribution >= 0.6 is 11.3 Å². The summed E-state index contributed by atoms with van der Waals surface area (Å²) in [6.07, 6.45) is 0. The van der Waals surface area contributed by atoms with Crippen molar-refractivity contribution < 1.29 is 17.5 Å². The van der Waals surface area contributed by atoms with Gasteiger partial charge in [-0.05, 0) is 24.3 Å². The van der Waals surface area contributed by atoms with Crippen LogP contribution in [-0.4, -0.2) is 26.7 Å². The third kappa shape index (κ3) is 3.26. The van der Waals surface area contributed by atoms with Gasteiger partial charge in [0, 0.05) is 13.7 Å². The lowest BCUT2D eigenvalue weighted by molar-refractivity contribution is 0.187. The van der Waals surface area contributed by atoms with Gasteiger partial charge in [0.15, 0.2) is 0 Å². The molecule has 0 aliphatic carbocycles. The maximum atomic E-state index is 14.2. The molecule has 8 heteroatoms. The van der Waals surface area contributed by atoms with Crippen molar-refractivity contribution in [2.45, 2.75) is 11.4 Å². The minimum Gasteiger partial charge on any atom is -0.383 e. The zero-order valence-corrected chi connectivity index (χ0v) is 14.5. The average molecular weight is 366 g/mol. The van der Waals surface area contributed by atoms with E-state index in [4.69, 9.17) is 4.74 Å². The first-order valence-electron chi connectivity index (χ1n) is 7.16. The van der Waals surface area contributed by atoms with E-state index >= 15 is 0 Å². The quantitative estimate of drug-likeness (QED) is 0.698. The maximum absolute atomic E-state index is 14.2. The predicted molar refractivity (Wildman–Crippen MR) is 90.8 cm³/mol. The SMILES string of the molecule is COCCn1c(=NS(=O)(=O)c2ccccc2)sc2cccc(F)c21. The van der Waals surface area contributed by atoms with Gasteiger partial charge in [0.25, 0.3) is 10.0 Å². The van der Waals surface area contributed by atoms with Crippen LogP contribution in [-0.2, 0) is 21.3 Å². The second-order valence-corrected chi connectivity index (χ2v) is 7.61. The van der Waals surface area contributed by atoms with E-state index in [2.05, 4.69) is 4.40 Å². The molecule has 0 amide bonds. The molecule has 0 unspecified atom stereocenters. The summed E-state index contributed by atoms with van der Waals surface area (Å²) in [7, 11) is -2.34. The molecular weight excluding hydrogens is 351 g/mol. The van der Waals surface area contributed by atoms with Crippen molar-refractivity contribution in [3.63, 3.8) is 0 Å². The van der Waals surface area contributed by atoms with Crippen LogP contribution in [0.4, 0.5) is 4.39 Å². The Bertz CT molecular complexity index is 1020. The molecule has 1 aromatic heterocycles. The molecule has 3 aromatic rings. The number of halogens is 1.